The first kappa shape index (κ1) is 11.4. The van der Waals surface area contributed by atoms with Gasteiger partial charge in [-0.05, 0) is 25.5 Å². The second-order valence-corrected chi connectivity index (χ2v) is 3.93. The molecule has 2 heterocycles. The maximum atomic E-state index is 11.8. The minimum atomic E-state index is -1.06. The van der Waals surface area contributed by atoms with Gasteiger partial charge in [-0.25, -0.2) is 9.78 Å². The van der Waals surface area contributed by atoms with Gasteiger partial charge >= 0.3 is 6.09 Å². The molecular weight excluding hydrogens is 222 g/mol. The molecule has 0 radical (unpaired) electrons. The van der Waals surface area contributed by atoms with Crippen molar-refractivity contribution in [3.63, 3.8) is 0 Å². The maximum absolute atomic E-state index is 11.8. The lowest BCUT2D eigenvalue weighted by Crippen LogP contribution is -2.56. The van der Waals surface area contributed by atoms with Gasteiger partial charge in [-0.15, -0.1) is 0 Å². The summed E-state index contributed by atoms with van der Waals surface area (Å²) in [5, 5.41) is 11.4. The summed E-state index contributed by atoms with van der Waals surface area (Å²) in [5.74, 6) is 0.129. The fraction of sp³-hybridized carbons (Fsp3) is 0.364. The van der Waals surface area contributed by atoms with Gasteiger partial charge in [-0.3, -0.25) is 9.69 Å². The molecule has 6 heteroatoms. The summed E-state index contributed by atoms with van der Waals surface area (Å²) in [5.41, 5.74) is 0.798. The van der Waals surface area contributed by atoms with Gasteiger partial charge in [0.25, 0.3) is 0 Å². The molecule has 6 nitrogen and oxygen atoms in total. The van der Waals surface area contributed by atoms with Gasteiger partial charge in [0.1, 0.15) is 11.9 Å². The van der Waals surface area contributed by atoms with Crippen LogP contribution in [0.25, 0.3) is 0 Å². The van der Waals surface area contributed by atoms with Crippen LogP contribution < -0.4 is 5.32 Å². The molecule has 0 bridgehead atoms. The average molecular weight is 235 g/mol. The van der Waals surface area contributed by atoms with Crippen LogP contribution in [0.1, 0.15) is 12.1 Å². The van der Waals surface area contributed by atoms with Crippen molar-refractivity contribution in [2.24, 2.45) is 0 Å². The van der Waals surface area contributed by atoms with Crippen LogP contribution in [-0.4, -0.2) is 39.6 Å². The minimum Gasteiger partial charge on any atom is -0.465 e. The highest BCUT2D eigenvalue weighted by atomic mass is 16.4. The Morgan fingerprint density at radius 1 is 1.53 bits per heavy atom. The molecule has 1 aliphatic rings. The van der Waals surface area contributed by atoms with Gasteiger partial charge in [0, 0.05) is 12.2 Å². The number of aromatic nitrogens is 1. The minimum absolute atomic E-state index is 0.322. The van der Waals surface area contributed by atoms with Crippen molar-refractivity contribution in [1.82, 2.24) is 9.88 Å². The van der Waals surface area contributed by atoms with Crippen LogP contribution in [0.15, 0.2) is 18.2 Å². The Bertz CT molecular complexity index is 461. The number of aryl methyl sites for hydroxylation is 1. The highest BCUT2D eigenvalue weighted by Gasteiger charge is 2.37. The van der Waals surface area contributed by atoms with E-state index in [1.165, 1.54) is 0 Å². The van der Waals surface area contributed by atoms with Crippen molar-refractivity contribution < 1.29 is 14.7 Å². The molecule has 0 aliphatic carbocycles. The largest absolute Gasteiger partial charge is 0.465 e. The van der Waals surface area contributed by atoms with Crippen molar-refractivity contribution in [3.05, 3.63) is 23.9 Å². The number of pyridine rings is 1. The van der Waals surface area contributed by atoms with Gasteiger partial charge < -0.3 is 10.4 Å². The number of likely N-dealkylation sites (tertiary alicyclic amines) is 1. The monoisotopic (exact) mass is 235 g/mol. The summed E-state index contributed by atoms with van der Waals surface area (Å²) < 4.78 is 0. The normalized spacial score (nSPS) is 18.4. The van der Waals surface area contributed by atoms with Crippen LogP contribution in [-0.2, 0) is 4.79 Å². The molecule has 2 rings (SSSR count). The molecule has 1 saturated heterocycles. The van der Waals surface area contributed by atoms with Crippen molar-refractivity contribution in [3.8, 4) is 0 Å². The number of carbonyl (C=O) groups excluding carboxylic acids is 1. The second kappa shape index (κ2) is 4.40. The van der Waals surface area contributed by atoms with Gasteiger partial charge in [0.2, 0.25) is 5.91 Å². The van der Waals surface area contributed by atoms with Crippen molar-refractivity contribution in [2.45, 2.75) is 19.4 Å². The van der Waals surface area contributed by atoms with Crippen LogP contribution in [0.4, 0.5) is 10.6 Å². The first-order valence-electron chi connectivity index (χ1n) is 5.32. The van der Waals surface area contributed by atoms with E-state index in [1.54, 1.807) is 12.1 Å². The fourth-order valence-corrected chi connectivity index (χ4v) is 1.71. The summed E-state index contributed by atoms with van der Waals surface area (Å²) >= 11 is 0. The standard InChI is InChI=1S/C11H13N3O3/c1-7-3-2-4-9(12-7)13-10(15)8-5-6-14(8)11(16)17/h2-4,8H,5-6H2,1H3,(H,16,17)(H,12,13,15)/t8-/m0/s1. The second-order valence-electron chi connectivity index (χ2n) is 3.93. The van der Waals surface area contributed by atoms with Crippen LogP contribution in [0, 0.1) is 6.92 Å². The highest BCUT2D eigenvalue weighted by Crippen LogP contribution is 2.18. The van der Waals surface area contributed by atoms with E-state index in [0.717, 1.165) is 10.6 Å². The smallest absolute Gasteiger partial charge is 0.407 e. The lowest BCUT2D eigenvalue weighted by atomic mass is 10.0. The molecule has 1 fully saturated rings. The number of nitrogens with zero attached hydrogens (tertiary/aromatic N) is 2. The molecule has 1 atom stereocenters. The number of rotatable bonds is 2. The molecule has 0 spiro atoms. The third kappa shape index (κ3) is 2.35. The molecule has 0 unspecified atom stereocenters. The number of anilines is 1. The molecule has 90 valence electrons. The Morgan fingerprint density at radius 3 is 2.82 bits per heavy atom. The number of hydrogen-bond acceptors (Lipinski definition) is 3. The van der Waals surface area contributed by atoms with E-state index in [0.29, 0.717) is 18.8 Å². The number of carboxylic acid groups (broad SMARTS) is 1. The maximum Gasteiger partial charge on any atom is 0.407 e. The zero-order chi connectivity index (χ0) is 12.4. The molecule has 2 amide bonds. The average Bonchev–Trinajstić information content (AvgIpc) is 2.13. The van der Waals surface area contributed by atoms with E-state index >= 15 is 0 Å². The van der Waals surface area contributed by atoms with E-state index in [1.807, 2.05) is 13.0 Å². The van der Waals surface area contributed by atoms with Gasteiger partial charge in [-0.2, -0.15) is 0 Å². The SMILES string of the molecule is Cc1cccc(NC(=O)[C@@H]2CCN2C(=O)O)n1. The first-order chi connectivity index (χ1) is 8.08. The number of carbonyl (C=O) groups is 2. The predicted molar refractivity (Wildman–Crippen MR) is 60.7 cm³/mol. The number of nitrogens with one attached hydrogen (secondary N) is 1. The van der Waals surface area contributed by atoms with Crippen molar-refractivity contribution in [1.29, 1.82) is 0 Å². The zero-order valence-electron chi connectivity index (χ0n) is 9.38. The molecule has 0 saturated carbocycles. The third-order valence-corrected chi connectivity index (χ3v) is 2.71. The number of amides is 2. The van der Waals surface area contributed by atoms with Gasteiger partial charge in [0.15, 0.2) is 0 Å². The molecule has 1 aromatic heterocycles. The van der Waals surface area contributed by atoms with Gasteiger partial charge in [0.05, 0.1) is 0 Å². The molecule has 1 aromatic rings. The first-order valence-corrected chi connectivity index (χ1v) is 5.32. The summed E-state index contributed by atoms with van der Waals surface area (Å²) in [4.78, 5) is 27.7. The quantitative estimate of drug-likeness (QED) is 0.803. The summed E-state index contributed by atoms with van der Waals surface area (Å²) in [6.07, 6.45) is -0.502. The summed E-state index contributed by atoms with van der Waals surface area (Å²) in [6, 6.07) is 4.69. The van der Waals surface area contributed by atoms with E-state index in [9.17, 15) is 9.59 Å². The van der Waals surface area contributed by atoms with Crippen molar-refractivity contribution >= 4 is 17.8 Å². The Morgan fingerprint density at radius 2 is 2.29 bits per heavy atom. The zero-order valence-corrected chi connectivity index (χ0v) is 9.38. The summed E-state index contributed by atoms with van der Waals surface area (Å²) in [7, 11) is 0. The summed E-state index contributed by atoms with van der Waals surface area (Å²) in [6.45, 7) is 2.23. The van der Waals surface area contributed by atoms with Crippen molar-refractivity contribution in [2.75, 3.05) is 11.9 Å². The van der Waals surface area contributed by atoms with Gasteiger partial charge in [-0.1, -0.05) is 6.07 Å². The molecular formula is C11H13N3O3. The molecule has 2 N–H and O–H groups in total. The fourth-order valence-electron chi connectivity index (χ4n) is 1.71. The Kier molecular flexibility index (Phi) is 2.95. The third-order valence-electron chi connectivity index (χ3n) is 2.71. The lowest BCUT2D eigenvalue weighted by molar-refractivity contribution is -0.124. The Balaban J connectivity index is 2.00. The lowest BCUT2D eigenvalue weighted by Gasteiger charge is -2.37. The van der Waals surface area contributed by atoms with E-state index in [2.05, 4.69) is 10.3 Å². The van der Waals surface area contributed by atoms with E-state index < -0.39 is 12.1 Å². The van der Waals surface area contributed by atoms with E-state index in [4.69, 9.17) is 5.11 Å². The van der Waals surface area contributed by atoms with Crippen LogP contribution >= 0.6 is 0 Å². The highest BCUT2D eigenvalue weighted by molar-refractivity contribution is 5.96. The molecule has 1 aliphatic heterocycles. The molecule has 17 heavy (non-hydrogen) atoms. The van der Waals surface area contributed by atoms with Crippen LogP contribution in [0.3, 0.4) is 0 Å². The topological polar surface area (TPSA) is 82.5 Å². The van der Waals surface area contributed by atoms with Crippen LogP contribution in [0.2, 0.25) is 0 Å². The predicted octanol–water partition coefficient (Wildman–Crippen LogP) is 1.08. The van der Waals surface area contributed by atoms with E-state index in [-0.39, 0.29) is 5.91 Å². The Hall–Kier alpha value is -2.11. The Labute approximate surface area is 98.3 Å². The van der Waals surface area contributed by atoms with Crippen LogP contribution in [0.5, 0.6) is 0 Å². The number of hydrogen-bond donors (Lipinski definition) is 2. The molecule has 0 aromatic carbocycles.